The third-order valence-corrected chi connectivity index (χ3v) is 5.54. The van der Waals surface area contributed by atoms with Crippen LogP contribution in [-0.4, -0.2) is 54.0 Å². The Morgan fingerprint density at radius 2 is 1.62 bits per heavy atom. The molecule has 0 bridgehead atoms. The molecule has 1 aromatic carbocycles. The summed E-state index contributed by atoms with van der Waals surface area (Å²) in [6, 6.07) is 7.55. The minimum absolute atomic E-state index is 0.0924. The molecule has 26 heavy (non-hydrogen) atoms. The van der Waals surface area contributed by atoms with Crippen LogP contribution in [0.5, 0.6) is 0 Å². The number of piperidine rings is 1. The Morgan fingerprint density at radius 3 is 2.15 bits per heavy atom. The van der Waals surface area contributed by atoms with Crippen molar-refractivity contribution < 1.29 is 22.8 Å². The van der Waals surface area contributed by atoms with Gasteiger partial charge in [0.25, 0.3) is 0 Å². The van der Waals surface area contributed by atoms with Crippen LogP contribution in [0.1, 0.15) is 18.4 Å². The molecule has 2 fully saturated rings. The number of amides is 2. The molecule has 8 heteroatoms. The topological polar surface area (TPSA) is 40.6 Å². The molecule has 0 N–H and O–H groups in total. The van der Waals surface area contributed by atoms with Crippen molar-refractivity contribution in [3.63, 3.8) is 0 Å². The van der Waals surface area contributed by atoms with Gasteiger partial charge >= 0.3 is 12.1 Å². The summed E-state index contributed by atoms with van der Waals surface area (Å²) in [7, 11) is 0. The second kappa shape index (κ2) is 7.06. The zero-order valence-electron chi connectivity index (χ0n) is 13.9. The summed E-state index contributed by atoms with van der Waals surface area (Å²) in [5.74, 6) is -1.87. The largest absolute Gasteiger partial charge is 0.471 e. The first-order valence-electron chi connectivity index (χ1n) is 8.27. The number of rotatable bonds is 2. The highest BCUT2D eigenvalue weighted by Gasteiger charge is 2.50. The van der Waals surface area contributed by atoms with E-state index < -0.39 is 12.1 Å². The molecule has 2 heterocycles. The van der Waals surface area contributed by atoms with E-state index in [1.54, 1.807) is 11.0 Å². The Bertz CT molecular complexity index is 715. The average Bonchev–Trinajstić information content (AvgIpc) is 2.57. The summed E-state index contributed by atoms with van der Waals surface area (Å²) >= 11 is 3.35. The van der Waals surface area contributed by atoms with Gasteiger partial charge in [0.15, 0.2) is 0 Å². The molecule has 1 aromatic rings. The molecule has 2 aliphatic heterocycles. The van der Waals surface area contributed by atoms with Crippen LogP contribution in [0.15, 0.2) is 34.8 Å². The predicted molar refractivity (Wildman–Crippen MR) is 94.1 cm³/mol. The van der Waals surface area contributed by atoms with Gasteiger partial charge in [0.2, 0.25) is 5.91 Å². The van der Waals surface area contributed by atoms with Gasteiger partial charge in [0.1, 0.15) is 0 Å². The zero-order valence-corrected chi connectivity index (χ0v) is 15.5. The van der Waals surface area contributed by atoms with Crippen LogP contribution >= 0.6 is 15.9 Å². The van der Waals surface area contributed by atoms with Crippen LogP contribution < -0.4 is 0 Å². The second-order valence-electron chi connectivity index (χ2n) is 6.87. The van der Waals surface area contributed by atoms with E-state index in [4.69, 9.17) is 0 Å². The van der Waals surface area contributed by atoms with E-state index in [2.05, 4.69) is 15.9 Å². The Hall–Kier alpha value is -1.83. The summed E-state index contributed by atoms with van der Waals surface area (Å²) in [5.41, 5.74) is 0.763. The Labute approximate surface area is 157 Å². The standard InChI is InChI=1S/C18H18BrF3N2O2/c19-14-4-1-13(2-5-14)3-6-15(25)24-11-17(12-24)7-9-23(10-8-17)16(26)18(20,21)22/h1-6H,7-12H2/b6-3+. The van der Waals surface area contributed by atoms with Crippen molar-refractivity contribution in [3.8, 4) is 0 Å². The molecule has 3 rings (SSSR count). The molecule has 0 aliphatic carbocycles. The molecule has 0 aromatic heterocycles. The first kappa shape index (κ1) is 18.9. The van der Waals surface area contributed by atoms with Gasteiger partial charge in [0, 0.05) is 42.1 Å². The minimum Gasteiger partial charge on any atom is -0.338 e. The number of nitrogens with zero attached hydrogens (tertiary/aromatic N) is 2. The van der Waals surface area contributed by atoms with Gasteiger partial charge in [-0.2, -0.15) is 13.2 Å². The molecule has 0 saturated carbocycles. The quantitative estimate of drug-likeness (QED) is 0.673. The molecular weight excluding hydrogens is 413 g/mol. The molecule has 140 valence electrons. The molecule has 0 atom stereocenters. The van der Waals surface area contributed by atoms with Crippen molar-refractivity contribution in [1.82, 2.24) is 9.80 Å². The lowest BCUT2D eigenvalue weighted by Crippen LogP contribution is -2.62. The van der Waals surface area contributed by atoms with E-state index in [0.29, 0.717) is 25.9 Å². The first-order chi connectivity index (χ1) is 12.2. The van der Waals surface area contributed by atoms with Gasteiger partial charge in [-0.05, 0) is 36.6 Å². The smallest absolute Gasteiger partial charge is 0.338 e. The van der Waals surface area contributed by atoms with E-state index in [1.807, 2.05) is 24.3 Å². The van der Waals surface area contributed by atoms with Crippen LogP contribution in [0.2, 0.25) is 0 Å². The first-order valence-corrected chi connectivity index (χ1v) is 9.07. The van der Waals surface area contributed by atoms with E-state index in [-0.39, 0.29) is 24.4 Å². The van der Waals surface area contributed by atoms with Gasteiger partial charge in [-0.3, -0.25) is 9.59 Å². The number of halogens is 4. The summed E-state index contributed by atoms with van der Waals surface area (Å²) in [4.78, 5) is 26.0. The van der Waals surface area contributed by atoms with Crippen LogP contribution in [0.3, 0.4) is 0 Å². The molecule has 4 nitrogen and oxygen atoms in total. The van der Waals surface area contributed by atoms with Gasteiger partial charge in [0.05, 0.1) is 0 Å². The molecule has 2 saturated heterocycles. The minimum atomic E-state index is -4.82. The van der Waals surface area contributed by atoms with Crippen molar-refractivity contribution >= 4 is 33.8 Å². The number of likely N-dealkylation sites (tertiary alicyclic amines) is 2. The Balaban J connectivity index is 1.49. The number of alkyl halides is 3. The van der Waals surface area contributed by atoms with Gasteiger partial charge in [-0.15, -0.1) is 0 Å². The lowest BCUT2D eigenvalue weighted by atomic mass is 9.72. The van der Waals surface area contributed by atoms with Crippen molar-refractivity contribution in [3.05, 3.63) is 40.4 Å². The van der Waals surface area contributed by atoms with Crippen molar-refractivity contribution in [2.24, 2.45) is 5.41 Å². The highest BCUT2D eigenvalue weighted by Crippen LogP contribution is 2.41. The number of carbonyl (C=O) groups excluding carboxylic acids is 2. The summed E-state index contributed by atoms with van der Waals surface area (Å²) in [6.45, 7) is 1.25. The number of carbonyl (C=O) groups is 2. The van der Waals surface area contributed by atoms with Crippen LogP contribution in [0.25, 0.3) is 6.08 Å². The molecule has 2 aliphatic rings. The van der Waals surface area contributed by atoms with Crippen molar-refractivity contribution in [1.29, 1.82) is 0 Å². The Morgan fingerprint density at radius 1 is 1.04 bits per heavy atom. The molecule has 2 amide bonds. The van der Waals surface area contributed by atoms with Crippen molar-refractivity contribution in [2.45, 2.75) is 19.0 Å². The average molecular weight is 431 g/mol. The van der Waals surface area contributed by atoms with E-state index >= 15 is 0 Å². The van der Waals surface area contributed by atoms with E-state index in [1.165, 1.54) is 6.08 Å². The fraction of sp³-hybridized carbons (Fsp3) is 0.444. The summed E-state index contributed by atoms with van der Waals surface area (Å²) in [5, 5.41) is 0. The highest BCUT2D eigenvalue weighted by atomic mass is 79.9. The van der Waals surface area contributed by atoms with Gasteiger partial charge in [-0.25, -0.2) is 0 Å². The van der Waals surface area contributed by atoms with Crippen LogP contribution in [-0.2, 0) is 9.59 Å². The van der Waals surface area contributed by atoms with Crippen LogP contribution in [0, 0.1) is 5.41 Å². The lowest BCUT2D eigenvalue weighted by molar-refractivity contribution is -0.189. The number of hydrogen-bond acceptors (Lipinski definition) is 2. The zero-order chi connectivity index (χ0) is 18.9. The summed E-state index contributed by atoms with van der Waals surface area (Å²) in [6.07, 6.45) is -0.573. The van der Waals surface area contributed by atoms with Crippen molar-refractivity contribution in [2.75, 3.05) is 26.2 Å². The molecule has 0 radical (unpaired) electrons. The highest BCUT2D eigenvalue weighted by molar-refractivity contribution is 9.10. The normalized spacial score (nSPS) is 19.7. The monoisotopic (exact) mass is 430 g/mol. The second-order valence-corrected chi connectivity index (χ2v) is 7.78. The maximum atomic E-state index is 12.5. The third kappa shape index (κ3) is 4.11. The Kier molecular flexibility index (Phi) is 5.14. The van der Waals surface area contributed by atoms with Gasteiger partial charge < -0.3 is 9.80 Å². The van der Waals surface area contributed by atoms with Gasteiger partial charge in [-0.1, -0.05) is 28.1 Å². The number of benzene rings is 1. The predicted octanol–water partition coefficient (Wildman–Crippen LogP) is 3.48. The fourth-order valence-corrected chi connectivity index (χ4v) is 3.71. The molecule has 0 unspecified atom stereocenters. The van der Waals surface area contributed by atoms with Crippen LogP contribution in [0.4, 0.5) is 13.2 Å². The SMILES string of the molecule is O=C(/C=C/c1ccc(Br)cc1)N1CC2(CCN(C(=O)C(F)(F)F)CC2)C1. The number of hydrogen-bond donors (Lipinski definition) is 0. The third-order valence-electron chi connectivity index (χ3n) is 5.01. The summed E-state index contributed by atoms with van der Waals surface area (Å²) < 4.78 is 38.4. The lowest BCUT2D eigenvalue weighted by Gasteiger charge is -2.53. The maximum Gasteiger partial charge on any atom is 0.471 e. The molecular formula is C18H18BrF3N2O2. The molecule has 1 spiro atoms. The maximum absolute atomic E-state index is 12.5. The van der Waals surface area contributed by atoms with E-state index in [0.717, 1.165) is 14.9 Å². The van der Waals surface area contributed by atoms with E-state index in [9.17, 15) is 22.8 Å². The fourth-order valence-electron chi connectivity index (χ4n) is 3.45.